The van der Waals surface area contributed by atoms with Crippen LogP contribution in [0, 0.1) is 11.8 Å². The summed E-state index contributed by atoms with van der Waals surface area (Å²) in [5, 5.41) is 0. The van der Waals surface area contributed by atoms with Crippen LogP contribution in [0.1, 0.15) is 70.8 Å². The van der Waals surface area contributed by atoms with Gasteiger partial charge in [-0.05, 0) is 54.9 Å². The number of alkyl halides is 3. The van der Waals surface area contributed by atoms with Gasteiger partial charge in [0, 0.05) is 0 Å². The van der Waals surface area contributed by atoms with Gasteiger partial charge in [0.15, 0.2) is 0 Å². The van der Waals surface area contributed by atoms with Gasteiger partial charge in [-0.1, -0.05) is 63.7 Å². The van der Waals surface area contributed by atoms with Gasteiger partial charge in [-0.25, -0.2) is 0 Å². The number of ether oxygens (including phenoxy) is 1. The van der Waals surface area contributed by atoms with Crippen molar-refractivity contribution in [2.24, 2.45) is 11.8 Å². The van der Waals surface area contributed by atoms with Crippen molar-refractivity contribution in [2.75, 3.05) is 0 Å². The Balaban J connectivity index is 1.78. The minimum absolute atomic E-state index is 0.173. The molecule has 1 aromatic rings. The summed E-state index contributed by atoms with van der Waals surface area (Å²) in [5.74, 6) is 1.60. The summed E-state index contributed by atoms with van der Waals surface area (Å²) < 4.78 is 40.4. The first-order valence-electron chi connectivity index (χ1n) is 9.40. The fourth-order valence-electron chi connectivity index (χ4n) is 3.79. The number of hydrogen-bond acceptors (Lipinski definition) is 1. The van der Waals surface area contributed by atoms with Crippen molar-refractivity contribution in [1.82, 2.24) is 0 Å². The summed E-state index contributed by atoms with van der Waals surface area (Å²) in [4.78, 5) is 0. The summed E-state index contributed by atoms with van der Waals surface area (Å²) in [7, 11) is 0. The lowest BCUT2D eigenvalue weighted by Crippen LogP contribution is -2.16. The molecule has 1 aliphatic carbocycles. The van der Waals surface area contributed by atoms with Crippen LogP contribution in [0.4, 0.5) is 13.2 Å². The Kier molecular flexibility index (Phi) is 7.39. The molecular weight excluding hydrogens is 325 g/mol. The quantitative estimate of drug-likeness (QED) is 0.496. The summed E-state index contributed by atoms with van der Waals surface area (Å²) >= 11 is 0. The van der Waals surface area contributed by atoms with E-state index in [2.05, 4.69) is 17.7 Å². The molecule has 2 rings (SSSR count). The van der Waals surface area contributed by atoms with Crippen LogP contribution in [0.5, 0.6) is 5.75 Å². The average molecular weight is 354 g/mol. The van der Waals surface area contributed by atoms with Gasteiger partial charge in [0.25, 0.3) is 0 Å². The predicted octanol–water partition coefficient (Wildman–Crippen LogP) is 7.38. The van der Waals surface area contributed by atoms with Crippen LogP contribution in [0.15, 0.2) is 30.3 Å². The van der Waals surface area contributed by atoms with Crippen molar-refractivity contribution in [3.63, 3.8) is 0 Å². The molecule has 0 heterocycles. The van der Waals surface area contributed by atoms with Gasteiger partial charge in [0.2, 0.25) is 0 Å². The molecule has 0 atom stereocenters. The largest absolute Gasteiger partial charge is 0.573 e. The van der Waals surface area contributed by atoms with Crippen LogP contribution in [-0.2, 0) is 0 Å². The van der Waals surface area contributed by atoms with Gasteiger partial charge < -0.3 is 4.74 Å². The van der Waals surface area contributed by atoms with Crippen molar-refractivity contribution in [2.45, 2.75) is 71.6 Å². The SMILES string of the molecule is CCCC1CCC(CCC=C(C)c2ccc(OC(F)(F)F)cc2)CC1. The highest BCUT2D eigenvalue weighted by Crippen LogP contribution is 2.34. The third-order valence-electron chi connectivity index (χ3n) is 5.23. The van der Waals surface area contributed by atoms with Crippen molar-refractivity contribution < 1.29 is 17.9 Å². The molecule has 1 aliphatic rings. The molecule has 0 amide bonds. The van der Waals surface area contributed by atoms with Gasteiger partial charge in [-0.3, -0.25) is 0 Å². The van der Waals surface area contributed by atoms with E-state index < -0.39 is 6.36 Å². The van der Waals surface area contributed by atoms with Crippen molar-refractivity contribution in [1.29, 1.82) is 0 Å². The molecule has 25 heavy (non-hydrogen) atoms. The minimum Gasteiger partial charge on any atom is -0.406 e. The number of halogens is 3. The normalized spacial score (nSPS) is 22.0. The maximum atomic E-state index is 12.2. The smallest absolute Gasteiger partial charge is 0.406 e. The molecule has 1 fully saturated rings. The molecule has 4 heteroatoms. The third kappa shape index (κ3) is 7.13. The Labute approximate surface area is 149 Å². The van der Waals surface area contributed by atoms with Crippen LogP contribution >= 0.6 is 0 Å². The van der Waals surface area contributed by atoms with Crippen LogP contribution in [0.25, 0.3) is 5.57 Å². The highest BCUT2D eigenvalue weighted by molar-refractivity contribution is 5.64. The summed E-state index contributed by atoms with van der Waals surface area (Å²) in [6, 6.07) is 6.11. The number of rotatable bonds is 7. The lowest BCUT2D eigenvalue weighted by atomic mass is 9.78. The molecule has 1 saturated carbocycles. The number of benzene rings is 1. The first-order valence-corrected chi connectivity index (χ1v) is 9.40. The Morgan fingerprint density at radius 2 is 1.60 bits per heavy atom. The Hall–Kier alpha value is -1.45. The molecule has 1 aromatic carbocycles. The fraction of sp³-hybridized carbons (Fsp3) is 0.619. The zero-order valence-corrected chi connectivity index (χ0v) is 15.2. The van der Waals surface area contributed by atoms with E-state index in [-0.39, 0.29) is 5.75 Å². The van der Waals surface area contributed by atoms with E-state index in [1.165, 1.54) is 57.1 Å². The molecule has 0 spiro atoms. The zero-order valence-electron chi connectivity index (χ0n) is 15.2. The summed E-state index contributed by atoms with van der Waals surface area (Å²) in [6.07, 6.45) is 7.94. The second-order valence-corrected chi connectivity index (χ2v) is 7.21. The van der Waals surface area contributed by atoms with Crippen molar-refractivity contribution >= 4 is 5.57 Å². The third-order valence-corrected chi connectivity index (χ3v) is 5.23. The first kappa shape index (κ1) is 19.9. The van der Waals surface area contributed by atoms with E-state index in [9.17, 15) is 13.2 Å². The first-order chi connectivity index (χ1) is 11.9. The molecule has 0 aromatic heterocycles. The highest BCUT2D eigenvalue weighted by Gasteiger charge is 2.30. The monoisotopic (exact) mass is 354 g/mol. The zero-order chi connectivity index (χ0) is 18.3. The van der Waals surface area contributed by atoms with Crippen molar-refractivity contribution in [3.05, 3.63) is 35.9 Å². The molecule has 0 N–H and O–H groups in total. The molecule has 1 nitrogen and oxygen atoms in total. The topological polar surface area (TPSA) is 9.23 Å². The molecule has 0 bridgehead atoms. The summed E-state index contributed by atoms with van der Waals surface area (Å²) in [6.45, 7) is 4.28. The van der Waals surface area contributed by atoms with Crippen LogP contribution in [-0.4, -0.2) is 6.36 Å². The van der Waals surface area contributed by atoms with E-state index in [1.54, 1.807) is 12.1 Å². The maximum absolute atomic E-state index is 12.2. The number of allylic oxidation sites excluding steroid dienone is 2. The van der Waals surface area contributed by atoms with E-state index >= 15 is 0 Å². The van der Waals surface area contributed by atoms with E-state index in [0.29, 0.717) is 0 Å². The second kappa shape index (κ2) is 9.30. The Morgan fingerprint density at radius 3 is 2.12 bits per heavy atom. The maximum Gasteiger partial charge on any atom is 0.573 e. The van der Waals surface area contributed by atoms with E-state index in [4.69, 9.17) is 0 Å². The van der Waals surface area contributed by atoms with Crippen molar-refractivity contribution in [3.8, 4) is 5.75 Å². The highest BCUT2D eigenvalue weighted by atomic mass is 19.4. The predicted molar refractivity (Wildman–Crippen MR) is 96.4 cm³/mol. The number of hydrogen-bond donors (Lipinski definition) is 0. The lowest BCUT2D eigenvalue weighted by Gasteiger charge is -2.28. The fourth-order valence-corrected chi connectivity index (χ4v) is 3.79. The van der Waals surface area contributed by atoms with Gasteiger partial charge >= 0.3 is 6.36 Å². The van der Waals surface area contributed by atoms with Crippen LogP contribution < -0.4 is 4.74 Å². The molecular formula is C21H29F3O. The molecule has 0 aliphatic heterocycles. The Bertz CT molecular complexity index is 537. The average Bonchev–Trinajstić information content (AvgIpc) is 2.56. The van der Waals surface area contributed by atoms with E-state index in [0.717, 1.165) is 29.4 Å². The van der Waals surface area contributed by atoms with Gasteiger partial charge in [-0.2, -0.15) is 0 Å². The second-order valence-electron chi connectivity index (χ2n) is 7.21. The lowest BCUT2D eigenvalue weighted by molar-refractivity contribution is -0.274. The molecule has 0 unspecified atom stereocenters. The molecule has 140 valence electrons. The Morgan fingerprint density at radius 1 is 1.04 bits per heavy atom. The molecule has 0 radical (unpaired) electrons. The van der Waals surface area contributed by atoms with Crippen LogP contribution in [0.3, 0.4) is 0 Å². The van der Waals surface area contributed by atoms with Gasteiger partial charge in [-0.15, -0.1) is 13.2 Å². The standard InChI is InChI=1S/C21H29F3O/c1-3-5-17-8-10-18(11-9-17)7-4-6-16(2)19-12-14-20(15-13-19)25-21(22,23)24/h6,12-15,17-18H,3-5,7-11H2,1-2H3. The van der Waals surface area contributed by atoms with E-state index in [1.807, 2.05) is 6.92 Å². The minimum atomic E-state index is -4.64. The van der Waals surface area contributed by atoms with Crippen LogP contribution in [0.2, 0.25) is 0 Å². The summed E-state index contributed by atoms with van der Waals surface area (Å²) in [5.41, 5.74) is 2.06. The van der Waals surface area contributed by atoms with Gasteiger partial charge in [0.05, 0.1) is 0 Å². The molecule has 0 saturated heterocycles. The van der Waals surface area contributed by atoms with Gasteiger partial charge in [0.1, 0.15) is 5.75 Å².